The van der Waals surface area contributed by atoms with E-state index in [1.54, 1.807) is 0 Å². The van der Waals surface area contributed by atoms with Crippen molar-refractivity contribution in [3.63, 3.8) is 0 Å². The second-order valence-corrected chi connectivity index (χ2v) is 10.5. The first kappa shape index (κ1) is 22.3. The number of para-hydroxylation sites is 3. The third kappa shape index (κ3) is 3.39. The van der Waals surface area contributed by atoms with E-state index in [-0.39, 0.29) is 0 Å². The molecule has 7 aromatic rings. The molecule has 0 radical (unpaired) electrons. The van der Waals surface area contributed by atoms with E-state index < -0.39 is 0 Å². The molecular weight excluding hydrogens is 504 g/mol. The molecule has 0 saturated carbocycles. The lowest BCUT2D eigenvalue weighted by Crippen LogP contribution is -2.30. The SMILES string of the molecule is C1=C2C=c3c(n(-c4nc(-c5ccccc5)c5oc6ccccc6c5n4)c4ccccc34)=CC1=Nc1ccccc1C2. The van der Waals surface area contributed by atoms with Gasteiger partial charge in [0.25, 0.3) is 0 Å². The van der Waals surface area contributed by atoms with Crippen molar-refractivity contribution in [2.45, 2.75) is 6.42 Å². The minimum absolute atomic E-state index is 0.602. The largest absolute Gasteiger partial charge is 0.452 e. The van der Waals surface area contributed by atoms with Gasteiger partial charge in [0.1, 0.15) is 16.8 Å². The molecule has 192 valence electrons. The molecule has 9 rings (SSSR count). The van der Waals surface area contributed by atoms with Gasteiger partial charge >= 0.3 is 0 Å². The van der Waals surface area contributed by atoms with Gasteiger partial charge in [-0.15, -0.1) is 0 Å². The van der Waals surface area contributed by atoms with Crippen LogP contribution in [0, 0.1) is 0 Å². The van der Waals surface area contributed by atoms with Crippen LogP contribution in [0.2, 0.25) is 0 Å². The van der Waals surface area contributed by atoms with Crippen LogP contribution in [0.4, 0.5) is 5.69 Å². The van der Waals surface area contributed by atoms with E-state index in [1.807, 2.05) is 42.5 Å². The Morgan fingerprint density at radius 2 is 1.46 bits per heavy atom. The Morgan fingerprint density at radius 3 is 2.39 bits per heavy atom. The molecule has 4 aromatic carbocycles. The summed E-state index contributed by atoms with van der Waals surface area (Å²) in [6.45, 7) is 0. The van der Waals surface area contributed by atoms with E-state index in [9.17, 15) is 0 Å². The van der Waals surface area contributed by atoms with Crippen LogP contribution in [0.5, 0.6) is 0 Å². The van der Waals surface area contributed by atoms with Crippen LogP contribution in [0.1, 0.15) is 5.56 Å². The highest BCUT2D eigenvalue weighted by Gasteiger charge is 2.21. The van der Waals surface area contributed by atoms with Gasteiger partial charge < -0.3 is 4.42 Å². The zero-order valence-electron chi connectivity index (χ0n) is 22.0. The number of hydrogen-bond acceptors (Lipinski definition) is 4. The number of furan rings is 1. The number of nitrogens with zero attached hydrogens (tertiary/aromatic N) is 4. The summed E-state index contributed by atoms with van der Waals surface area (Å²) >= 11 is 0. The Balaban J connectivity index is 1.41. The smallest absolute Gasteiger partial charge is 0.236 e. The molecule has 0 fully saturated rings. The van der Waals surface area contributed by atoms with Crippen LogP contribution in [0.15, 0.2) is 124 Å². The van der Waals surface area contributed by atoms with E-state index in [2.05, 4.69) is 83.5 Å². The first-order chi connectivity index (χ1) is 20.3. The molecule has 1 aliphatic carbocycles. The summed E-state index contributed by atoms with van der Waals surface area (Å²) in [5.41, 5.74) is 9.49. The van der Waals surface area contributed by atoms with Crippen molar-refractivity contribution in [1.82, 2.24) is 14.5 Å². The predicted octanol–water partition coefficient (Wildman–Crippen LogP) is 6.82. The summed E-state index contributed by atoms with van der Waals surface area (Å²) in [7, 11) is 0. The maximum atomic E-state index is 6.36. The zero-order valence-corrected chi connectivity index (χ0v) is 22.0. The molecule has 0 unspecified atom stereocenters. The van der Waals surface area contributed by atoms with Gasteiger partial charge in [0, 0.05) is 21.6 Å². The molecule has 2 aliphatic rings. The van der Waals surface area contributed by atoms with Crippen LogP contribution in [-0.4, -0.2) is 20.2 Å². The second-order valence-electron chi connectivity index (χ2n) is 10.5. The van der Waals surface area contributed by atoms with E-state index in [4.69, 9.17) is 19.4 Å². The van der Waals surface area contributed by atoms with Crippen molar-refractivity contribution in [1.29, 1.82) is 0 Å². The summed E-state index contributed by atoms with van der Waals surface area (Å²) in [4.78, 5) is 15.5. The van der Waals surface area contributed by atoms with Gasteiger partial charge in [-0.1, -0.05) is 78.9 Å². The Kier molecular flexibility index (Phi) is 4.61. The normalized spacial score (nSPS) is 14.0. The highest BCUT2D eigenvalue weighted by Crippen LogP contribution is 2.34. The number of rotatable bonds is 2. The van der Waals surface area contributed by atoms with Crippen molar-refractivity contribution < 1.29 is 4.42 Å². The summed E-state index contributed by atoms with van der Waals surface area (Å²) in [5.74, 6) is 0.602. The van der Waals surface area contributed by atoms with Crippen LogP contribution in [0.25, 0.3) is 62.3 Å². The summed E-state index contributed by atoms with van der Waals surface area (Å²) in [5, 5.41) is 4.29. The molecule has 0 N–H and O–H groups in total. The second kappa shape index (κ2) is 8.47. The summed E-state index contributed by atoms with van der Waals surface area (Å²) in [6, 6.07) is 35.1. The van der Waals surface area contributed by atoms with Gasteiger partial charge in [-0.25, -0.2) is 15.0 Å². The molecule has 1 aliphatic heterocycles. The highest BCUT2D eigenvalue weighted by molar-refractivity contribution is 6.20. The van der Waals surface area contributed by atoms with Gasteiger partial charge in [0.15, 0.2) is 5.58 Å². The Hall–Kier alpha value is -5.55. The van der Waals surface area contributed by atoms with Crippen molar-refractivity contribution in [3.05, 3.63) is 131 Å². The maximum Gasteiger partial charge on any atom is 0.236 e. The Labute approximate surface area is 234 Å². The van der Waals surface area contributed by atoms with Gasteiger partial charge in [-0.05, 0) is 60.1 Å². The minimum atomic E-state index is 0.602. The number of hydrogen-bond donors (Lipinski definition) is 0. The van der Waals surface area contributed by atoms with Crippen molar-refractivity contribution in [2.75, 3.05) is 0 Å². The quantitative estimate of drug-likeness (QED) is 0.249. The topological polar surface area (TPSA) is 56.2 Å². The highest BCUT2D eigenvalue weighted by atomic mass is 16.3. The van der Waals surface area contributed by atoms with E-state index in [0.717, 1.165) is 67.0 Å². The van der Waals surface area contributed by atoms with E-state index in [0.29, 0.717) is 11.5 Å². The summed E-state index contributed by atoms with van der Waals surface area (Å²) < 4.78 is 8.53. The zero-order chi connectivity index (χ0) is 26.9. The van der Waals surface area contributed by atoms with E-state index >= 15 is 0 Å². The first-order valence-electron chi connectivity index (χ1n) is 13.8. The number of fused-ring (bicyclic) bond motifs is 8. The molecule has 41 heavy (non-hydrogen) atoms. The third-order valence-corrected chi connectivity index (χ3v) is 7.99. The molecule has 5 nitrogen and oxygen atoms in total. The monoisotopic (exact) mass is 526 g/mol. The molecule has 3 aromatic heterocycles. The van der Waals surface area contributed by atoms with Crippen LogP contribution in [-0.2, 0) is 6.42 Å². The maximum absolute atomic E-state index is 6.36. The van der Waals surface area contributed by atoms with Gasteiger partial charge in [-0.2, -0.15) is 0 Å². The minimum Gasteiger partial charge on any atom is -0.452 e. The lowest BCUT2D eigenvalue weighted by atomic mass is 10.0. The average molecular weight is 527 g/mol. The van der Waals surface area contributed by atoms with Gasteiger partial charge in [0.05, 0.1) is 22.3 Å². The molecule has 4 heterocycles. The Bertz CT molecular complexity index is 2390. The number of aliphatic imine (C=N–C) groups is 1. The van der Waals surface area contributed by atoms with Crippen molar-refractivity contribution in [3.8, 4) is 17.2 Å². The first-order valence-corrected chi connectivity index (χ1v) is 13.8. The van der Waals surface area contributed by atoms with E-state index in [1.165, 1.54) is 11.1 Å². The third-order valence-electron chi connectivity index (χ3n) is 7.99. The van der Waals surface area contributed by atoms with Gasteiger partial charge in [-0.3, -0.25) is 4.57 Å². The molecule has 0 atom stereocenters. The fourth-order valence-electron chi connectivity index (χ4n) is 6.16. The lowest BCUT2D eigenvalue weighted by Gasteiger charge is -2.09. The van der Waals surface area contributed by atoms with Crippen LogP contribution >= 0.6 is 0 Å². The fraction of sp³-hybridized carbons (Fsp3) is 0.0278. The number of allylic oxidation sites excluding steroid dienone is 2. The fourth-order valence-corrected chi connectivity index (χ4v) is 6.16. The standard InChI is InChI=1S/C36H22N4O/c1-2-10-23(11-3-1)33-35-34(27-14-6-9-17-32(27)41-35)39-36(38-33)40-30-16-8-5-13-26(30)28-20-22-18-24-12-4-7-15-29(24)37-25(19-22)21-31(28)40/h1-17,19-21H,18H2. The Morgan fingerprint density at radius 1 is 0.683 bits per heavy atom. The lowest BCUT2D eigenvalue weighted by molar-refractivity contribution is 0.666. The van der Waals surface area contributed by atoms with Crippen LogP contribution < -0.4 is 10.6 Å². The average Bonchev–Trinajstić information content (AvgIpc) is 3.39. The molecule has 0 saturated heterocycles. The summed E-state index contributed by atoms with van der Waals surface area (Å²) in [6.07, 6.45) is 7.50. The molecule has 5 heteroatoms. The van der Waals surface area contributed by atoms with Crippen LogP contribution in [0.3, 0.4) is 0 Å². The molecule has 0 amide bonds. The number of benzene rings is 4. The predicted molar refractivity (Wildman–Crippen MR) is 165 cm³/mol. The van der Waals surface area contributed by atoms with Crippen molar-refractivity contribution >= 4 is 56.5 Å². The number of aromatic nitrogens is 3. The molecule has 2 bridgehead atoms. The molecule has 0 spiro atoms. The van der Waals surface area contributed by atoms with Crippen molar-refractivity contribution in [2.24, 2.45) is 4.99 Å². The molecular formula is C36H22N4O. The van der Waals surface area contributed by atoms with Gasteiger partial charge in [0.2, 0.25) is 5.95 Å².